The van der Waals surface area contributed by atoms with Crippen LogP contribution in [0.5, 0.6) is 0 Å². The van der Waals surface area contributed by atoms with Gasteiger partial charge in [0.05, 0.1) is 44.3 Å². The molecule has 20 aromatic rings. The van der Waals surface area contributed by atoms with Gasteiger partial charge in [-0.15, -0.1) is 0 Å². The molecule has 1 aliphatic heterocycles. The normalized spacial score (nSPS) is 14.3. The van der Waals surface area contributed by atoms with Gasteiger partial charge in [-0.3, -0.25) is 0 Å². The topological polar surface area (TPSA) is 53.6 Å². The molecule has 7 heterocycles. The van der Waals surface area contributed by atoms with Crippen LogP contribution in [0, 0.1) is 0 Å². The van der Waals surface area contributed by atoms with Crippen molar-refractivity contribution in [3.63, 3.8) is 0 Å². The fourth-order valence-corrected chi connectivity index (χ4v) is 15.8. The zero-order valence-electron chi connectivity index (χ0n) is 49.7. The second-order valence-electron chi connectivity index (χ2n) is 25.3. The number of nitrogens with zero attached hydrogens (tertiary/aromatic N) is 2. The third-order valence-electron chi connectivity index (χ3n) is 20.0. The Morgan fingerprint density at radius 1 is 0.311 bits per heavy atom. The van der Waals surface area contributed by atoms with E-state index in [0.29, 0.717) is 0 Å². The Kier molecular flexibility index (Phi) is 10.9. The lowest BCUT2D eigenvalue weighted by molar-refractivity contribution is 0.00578. The highest BCUT2D eigenvalue weighted by Crippen LogP contribution is 2.49. The van der Waals surface area contributed by atoms with Crippen LogP contribution in [0.4, 0.5) is 0 Å². The number of halogens is 1. The van der Waals surface area contributed by atoms with Gasteiger partial charge in [0.15, 0.2) is 0 Å². The van der Waals surface area contributed by atoms with Crippen molar-refractivity contribution in [3.8, 4) is 11.1 Å². The van der Waals surface area contributed by atoms with E-state index in [1.165, 1.54) is 120 Å². The van der Waals surface area contributed by atoms with Gasteiger partial charge in [0.2, 0.25) is 0 Å². The lowest BCUT2D eigenvalue weighted by Gasteiger charge is -2.32. The molecule has 1 aliphatic rings. The number of hydrogen-bond acceptors (Lipinski definition) is 4. The fourth-order valence-electron chi connectivity index (χ4n) is 15.4. The Morgan fingerprint density at radius 2 is 0.656 bits per heavy atom. The Hall–Kier alpha value is -10.2. The van der Waals surface area contributed by atoms with Crippen LogP contribution >= 0.6 is 15.9 Å². The van der Waals surface area contributed by atoms with E-state index in [1.54, 1.807) is 0 Å². The summed E-state index contributed by atoms with van der Waals surface area (Å²) in [5, 5.41) is 24.6. The molecule has 14 aromatic carbocycles. The first-order chi connectivity index (χ1) is 44.1. The number of fused-ring (bicyclic) bond motifs is 28. The zero-order chi connectivity index (χ0) is 59.9. The number of benzene rings is 14. The van der Waals surface area contributed by atoms with Gasteiger partial charge in [-0.05, 0) is 137 Å². The van der Waals surface area contributed by atoms with Crippen molar-refractivity contribution in [2.75, 3.05) is 0 Å². The van der Waals surface area contributed by atoms with Crippen molar-refractivity contribution in [2.45, 2.75) is 38.9 Å². The number of furan rings is 2. The van der Waals surface area contributed by atoms with Crippen LogP contribution < -0.4 is 5.46 Å². The van der Waals surface area contributed by atoms with E-state index in [2.05, 4.69) is 289 Å². The average molecular weight is 1220 g/mol. The Balaban J connectivity index is 0.000000103. The second-order valence-corrected chi connectivity index (χ2v) is 26.2. The Bertz CT molecular complexity index is 6220. The molecule has 0 unspecified atom stereocenters. The molecule has 6 nitrogen and oxygen atoms in total. The largest absolute Gasteiger partial charge is 0.495 e. The maximum Gasteiger partial charge on any atom is 0.495 e. The van der Waals surface area contributed by atoms with Gasteiger partial charge in [-0.25, -0.2) is 0 Å². The molecule has 0 spiro atoms. The number of hydrogen-bond donors (Lipinski definition) is 0. The highest BCUT2D eigenvalue weighted by Gasteiger charge is 2.52. The van der Waals surface area contributed by atoms with Crippen molar-refractivity contribution >= 4 is 192 Å². The van der Waals surface area contributed by atoms with Crippen molar-refractivity contribution < 1.29 is 18.1 Å². The lowest BCUT2D eigenvalue weighted by Crippen LogP contribution is -2.41. The number of aromatic nitrogens is 2. The van der Waals surface area contributed by atoms with Crippen LogP contribution in [0.3, 0.4) is 0 Å². The SMILES string of the molecule is Brc1cc2c3ccccc3n3c4ccccc4c(c1)c23.CC1(C)OB(c2cccc3c2c2ccccc2c2oc4ccccc4c32)OC1(C)C.c1ccc2c(c1)oc1c3ccccc3c3c(-c4cc5c6ccccc6n6c7ccccc7c(c4)c56)cccc3c21. The van der Waals surface area contributed by atoms with Crippen LogP contribution in [0.1, 0.15) is 27.7 Å². The highest BCUT2D eigenvalue weighted by atomic mass is 79.9. The smallest absolute Gasteiger partial charge is 0.455 e. The number of para-hydroxylation sites is 6. The van der Waals surface area contributed by atoms with Gasteiger partial charge in [-0.2, -0.15) is 0 Å². The van der Waals surface area contributed by atoms with Crippen molar-refractivity contribution in [2.24, 2.45) is 0 Å². The minimum absolute atomic E-state index is 0.387. The monoisotopic (exact) mass is 1220 g/mol. The predicted octanol–water partition coefficient (Wildman–Crippen LogP) is 22.5. The first-order valence-corrected chi connectivity index (χ1v) is 31.7. The maximum absolute atomic E-state index is 6.49. The first kappa shape index (κ1) is 51.8. The molecule has 0 N–H and O–H groups in total. The molecule has 21 rings (SSSR count). The van der Waals surface area contributed by atoms with E-state index in [1.807, 2.05) is 18.2 Å². The summed E-state index contributed by atoms with van der Waals surface area (Å²) in [6, 6.07) is 91.1. The summed E-state index contributed by atoms with van der Waals surface area (Å²) in [7, 11) is -0.419. The van der Waals surface area contributed by atoms with E-state index < -0.39 is 7.12 Å². The van der Waals surface area contributed by atoms with Gasteiger partial charge in [0, 0.05) is 79.9 Å². The molecule has 0 atom stereocenters. The highest BCUT2D eigenvalue weighted by molar-refractivity contribution is 9.10. The van der Waals surface area contributed by atoms with Gasteiger partial charge in [-0.1, -0.05) is 210 Å². The molecule has 426 valence electrons. The molecule has 0 aliphatic carbocycles. The van der Waals surface area contributed by atoms with Gasteiger partial charge >= 0.3 is 7.12 Å². The van der Waals surface area contributed by atoms with E-state index in [0.717, 1.165) is 64.6 Å². The zero-order valence-corrected chi connectivity index (χ0v) is 51.3. The standard InChI is InChI=1S/C38H21NO.C26H23BO3.C18H10BrN/c1-2-13-27-26(12-1)35-23(15-9-16-29(35)36-28-14-5-8-19-34(28)40-38(27)36)22-20-30-24-10-3-6-17-32(24)39-33-18-7-4-11-25(33)31(21-22)37(30)39;1-25(2)26(3,4)30-27(29-25)20-14-9-13-19-22(20)16-10-5-6-11-17(16)24-23(19)18-12-7-8-15-21(18)28-24;19-11-9-14-12-5-1-3-7-16(12)20-17-8-4-2-6-13(17)15(10-11)18(14)20/h1-21H;5-15H,1-4H3;1-10H. The molecule has 0 radical (unpaired) electrons. The van der Waals surface area contributed by atoms with Crippen molar-refractivity contribution in [1.82, 2.24) is 8.80 Å². The average Bonchev–Trinajstić information content (AvgIpc) is 1.52. The molecular formula is C82H54BBrN2O4. The Labute approximate surface area is 524 Å². The summed E-state index contributed by atoms with van der Waals surface area (Å²) in [4.78, 5) is 0. The summed E-state index contributed by atoms with van der Waals surface area (Å²) < 4.78 is 31.7. The van der Waals surface area contributed by atoms with Gasteiger partial charge in [0.25, 0.3) is 0 Å². The maximum atomic E-state index is 6.49. The third-order valence-corrected chi connectivity index (χ3v) is 20.4. The van der Waals surface area contributed by atoms with Crippen LogP contribution in [0.2, 0.25) is 0 Å². The quantitative estimate of drug-likeness (QED) is 0.128. The fraction of sp³-hybridized carbons (Fsp3) is 0.0732. The van der Waals surface area contributed by atoms with Crippen molar-refractivity contribution in [1.29, 1.82) is 0 Å². The van der Waals surface area contributed by atoms with E-state index in [-0.39, 0.29) is 11.2 Å². The first-order valence-electron chi connectivity index (χ1n) is 30.9. The second kappa shape index (κ2) is 18.9. The Morgan fingerprint density at radius 3 is 1.11 bits per heavy atom. The molecule has 0 amide bonds. The molecule has 1 saturated heterocycles. The number of rotatable bonds is 2. The molecule has 0 bridgehead atoms. The van der Waals surface area contributed by atoms with Crippen LogP contribution in [0.25, 0.3) is 174 Å². The summed E-state index contributed by atoms with van der Waals surface area (Å²) in [5.74, 6) is 0. The minimum atomic E-state index is -0.419. The summed E-state index contributed by atoms with van der Waals surface area (Å²) in [6.07, 6.45) is 0. The molecule has 0 saturated carbocycles. The van der Waals surface area contributed by atoms with Crippen LogP contribution in [0.15, 0.2) is 268 Å². The third kappa shape index (κ3) is 7.18. The lowest BCUT2D eigenvalue weighted by atomic mass is 9.74. The molecule has 90 heavy (non-hydrogen) atoms. The van der Waals surface area contributed by atoms with Crippen molar-refractivity contribution in [3.05, 3.63) is 259 Å². The molecule has 1 fully saturated rings. The summed E-state index contributed by atoms with van der Waals surface area (Å²) in [6.45, 7) is 8.38. The molecule has 8 heteroatoms. The van der Waals surface area contributed by atoms with E-state index in [4.69, 9.17) is 18.1 Å². The summed E-state index contributed by atoms with van der Waals surface area (Å²) >= 11 is 3.66. The van der Waals surface area contributed by atoms with Crippen LogP contribution in [-0.2, 0) is 9.31 Å². The summed E-state index contributed by atoms with van der Waals surface area (Å²) in [5.41, 5.74) is 14.2. The predicted molar refractivity (Wildman–Crippen MR) is 382 cm³/mol. The van der Waals surface area contributed by atoms with E-state index in [9.17, 15) is 0 Å². The van der Waals surface area contributed by atoms with Gasteiger partial charge in [0.1, 0.15) is 22.3 Å². The van der Waals surface area contributed by atoms with Gasteiger partial charge < -0.3 is 26.9 Å². The molecule has 6 aromatic heterocycles. The minimum Gasteiger partial charge on any atom is -0.455 e. The van der Waals surface area contributed by atoms with Crippen LogP contribution in [-0.4, -0.2) is 27.1 Å². The van der Waals surface area contributed by atoms with E-state index >= 15 is 0 Å². The molecular weight excluding hydrogens is 1170 g/mol.